The molecule has 3 heterocycles. The summed E-state index contributed by atoms with van der Waals surface area (Å²) in [7, 11) is 0. The van der Waals surface area contributed by atoms with Crippen LogP contribution in [0.25, 0.3) is 137 Å². The number of hydrogen-bond donors (Lipinski definition) is 0. The van der Waals surface area contributed by atoms with Crippen molar-refractivity contribution in [1.29, 1.82) is 0 Å². The van der Waals surface area contributed by atoms with Gasteiger partial charge in [-0.05, 0) is 97.0 Å². The standard InChI is InChI=1S/C55H30N4O/c1-2-12-31(13-3-1)53-56-54(58-55(57-53)42-20-11-23-47-48(42)41-18-8-9-22-46(41)60-47)32-24-26-33(27-25-32)59-44-21-10-19-38-34-14-4-5-15-35(34)40-29-28-39-36-16-6-7-17-37(36)43-30-45(59)52(50(38)44)51(40)49(39)43/h1-30H. The van der Waals surface area contributed by atoms with Gasteiger partial charge in [0.1, 0.15) is 11.2 Å². The number of nitrogens with zero attached hydrogens (tertiary/aromatic N) is 4. The zero-order valence-corrected chi connectivity index (χ0v) is 32.0. The summed E-state index contributed by atoms with van der Waals surface area (Å²) in [6, 6.07) is 64.8. The van der Waals surface area contributed by atoms with Gasteiger partial charge in [-0.25, -0.2) is 15.0 Å². The van der Waals surface area contributed by atoms with Gasteiger partial charge in [0.05, 0.1) is 11.0 Å². The largest absolute Gasteiger partial charge is 0.456 e. The Balaban J connectivity index is 1.02. The van der Waals surface area contributed by atoms with Gasteiger partial charge in [0.15, 0.2) is 17.5 Å². The molecule has 0 spiro atoms. The van der Waals surface area contributed by atoms with E-state index in [0.717, 1.165) is 44.3 Å². The van der Waals surface area contributed by atoms with E-state index in [9.17, 15) is 0 Å². The van der Waals surface area contributed by atoms with E-state index in [1.54, 1.807) is 0 Å². The predicted molar refractivity (Wildman–Crippen MR) is 248 cm³/mol. The molecular weight excluding hydrogens is 733 g/mol. The molecule has 276 valence electrons. The molecule has 11 aromatic carbocycles. The van der Waals surface area contributed by atoms with Gasteiger partial charge in [-0.2, -0.15) is 0 Å². The van der Waals surface area contributed by atoms with Crippen LogP contribution >= 0.6 is 0 Å². The minimum atomic E-state index is 0.602. The molecule has 0 aliphatic heterocycles. The number of hydrogen-bond acceptors (Lipinski definition) is 4. The first-order chi connectivity index (χ1) is 29.8. The van der Waals surface area contributed by atoms with Gasteiger partial charge in [0, 0.05) is 49.3 Å². The first-order valence-corrected chi connectivity index (χ1v) is 20.4. The maximum Gasteiger partial charge on any atom is 0.164 e. The number of aromatic nitrogens is 4. The predicted octanol–water partition coefficient (Wildman–Crippen LogP) is 14.5. The molecule has 0 radical (unpaired) electrons. The van der Waals surface area contributed by atoms with Gasteiger partial charge in [-0.3, -0.25) is 0 Å². The summed E-state index contributed by atoms with van der Waals surface area (Å²) in [4.78, 5) is 15.4. The van der Waals surface area contributed by atoms with Crippen LogP contribution in [0.4, 0.5) is 0 Å². The summed E-state index contributed by atoms with van der Waals surface area (Å²) in [5.41, 5.74) is 7.84. The Morgan fingerprint density at radius 3 is 1.60 bits per heavy atom. The fraction of sp³-hybridized carbons (Fsp3) is 0. The first-order valence-electron chi connectivity index (χ1n) is 20.4. The van der Waals surface area contributed by atoms with Crippen molar-refractivity contribution in [2.24, 2.45) is 0 Å². The molecule has 0 unspecified atom stereocenters. The molecule has 5 nitrogen and oxygen atoms in total. The Morgan fingerprint density at radius 2 is 0.867 bits per heavy atom. The van der Waals surface area contributed by atoms with Crippen LogP contribution in [0.15, 0.2) is 186 Å². The Labute approximate surface area is 342 Å². The van der Waals surface area contributed by atoms with E-state index >= 15 is 0 Å². The van der Waals surface area contributed by atoms with Crippen molar-refractivity contribution in [3.63, 3.8) is 0 Å². The SMILES string of the molecule is c1ccc(-c2nc(-c3ccc(-n4c5cccc6c7ccccc7c7ccc8c9ccccc9c9cc4c(c7c89)c65)cc3)nc(-c3cccc4oc5ccccc5c34)n2)cc1. The number of fused-ring (bicyclic) bond motifs is 9. The van der Waals surface area contributed by atoms with Crippen molar-refractivity contribution in [2.75, 3.05) is 0 Å². The van der Waals surface area contributed by atoms with E-state index < -0.39 is 0 Å². The van der Waals surface area contributed by atoms with Crippen molar-refractivity contribution in [1.82, 2.24) is 19.5 Å². The van der Waals surface area contributed by atoms with E-state index in [1.807, 2.05) is 60.7 Å². The zero-order chi connectivity index (χ0) is 39.1. The second-order valence-corrected chi connectivity index (χ2v) is 15.9. The normalized spacial score (nSPS) is 12.3. The minimum Gasteiger partial charge on any atom is -0.456 e. The molecule has 14 aromatic rings. The first kappa shape index (κ1) is 31.9. The lowest BCUT2D eigenvalue weighted by Crippen LogP contribution is -2.01. The van der Waals surface area contributed by atoms with Gasteiger partial charge < -0.3 is 8.98 Å². The van der Waals surface area contributed by atoms with Crippen LogP contribution in [0.3, 0.4) is 0 Å². The quantitative estimate of drug-likeness (QED) is 0.179. The van der Waals surface area contributed by atoms with Crippen LogP contribution < -0.4 is 0 Å². The topological polar surface area (TPSA) is 56.7 Å². The highest BCUT2D eigenvalue weighted by Crippen LogP contribution is 2.50. The summed E-state index contributed by atoms with van der Waals surface area (Å²) in [6.45, 7) is 0. The maximum absolute atomic E-state index is 6.27. The molecule has 0 amide bonds. The van der Waals surface area contributed by atoms with E-state index in [2.05, 4.69) is 126 Å². The zero-order valence-electron chi connectivity index (χ0n) is 32.0. The smallest absolute Gasteiger partial charge is 0.164 e. The molecule has 5 heteroatoms. The van der Waals surface area contributed by atoms with E-state index in [0.29, 0.717) is 17.5 Å². The molecule has 60 heavy (non-hydrogen) atoms. The average molecular weight is 763 g/mol. The highest BCUT2D eigenvalue weighted by atomic mass is 16.3. The fourth-order valence-corrected chi connectivity index (χ4v) is 10.2. The van der Waals surface area contributed by atoms with Crippen LogP contribution in [0, 0.1) is 0 Å². The summed E-state index contributed by atoms with van der Waals surface area (Å²) in [5.74, 6) is 1.83. The third kappa shape index (κ3) is 4.22. The summed E-state index contributed by atoms with van der Waals surface area (Å²) in [6.07, 6.45) is 0. The van der Waals surface area contributed by atoms with Gasteiger partial charge >= 0.3 is 0 Å². The highest BCUT2D eigenvalue weighted by molar-refractivity contribution is 6.44. The van der Waals surface area contributed by atoms with Crippen LogP contribution in [0.2, 0.25) is 0 Å². The van der Waals surface area contributed by atoms with Gasteiger partial charge in [-0.1, -0.05) is 133 Å². The number of benzene rings is 9. The molecule has 0 atom stereocenters. The summed E-state index contributed by atoms with van der Waals surface area (Å²) >= 11 is 0. The lowest BCUT2D eigenvalue weighted by molar-refractivity contribution is 0.669. The lowest BCUT2D eigenvalue weighted by atomic mass is 9.97. The average Bonchev–Trinajstić information content (AvgIpc) is 3.95. The van der Waals surface area contributed by atoms with Crippen molar-refractivity contribution < 1.29 is 4.42 Å². The molecule has 3 aromatic heterocycles. The monoisotopic (exact) mass is 762 g/mol. The van der Waals surface area contributed by atoms with Gasteiger partial charge in [0.25, 0.3) is 0 Å². The Hall–Kier alpha value is -8.15. The Bertz CT molecular complexity index is 4050. The van der Waals surface area contributed by atoms with Gasteiger partial charge in [0.2, 0.25) is 0 Å². The summed E-state index contributed by atoms with van der Waals surface area (Å²) in [5, 5.41) is 17.6. The minimum absolute atomic E-state index is 0.602. The number of rotatable bonds is 4. The summed E-state index contributed by atoms with van der Waals surface area (Å²) < 4.78 is 8.73. The van der Waals surface area contributed by atoms with Crippen LogP contribution in [0.5, 0.6) is 0 Å². The maximum atomic E-state index is 6.27. The molecule has 0 fully saturated rings. The molecule has 14 rings (SSSR count). The molecule has 0 aliphatic rings. The van der Waals surface area contributed by atoms with Gasteiger partial charge in [-0.15, -0.1) is 0 Å². The molecule has 0 aliphatic carbocycles. The third-order valence-electron chi connectivity index (χ3n) is 12.7. The molecule has 0 N–H and O–H groups in total. The number of para-hydroxylation sites is 1. The van der Waals surface area contributed by atoms with Crippen molar-refractivity contribution in [3.05, 3.63) is 182 Å². The van der Waals surface area contributed by atoms with Crippen LogP contribution in [0.1, 0.15) is 0 Å². The Kier molecular flexibility index (Phi) is 6.23. The van der Waals surface area contributed by atoms with E-state index in [-0.39, 0.29) is 0 Å². The molecule has 0 saturated carbocycles. The van der Waals surface area contributed by atoms with Crippen LogP contribution in [-0.2, 0) is 0 Å². The molecule has 0 saturated heterocycles. The fourth-order valence-electron chi connectivity index (χ4n) is 10.2. The molecular formula is C55H30N4O. The van der Waals surface area contributed by atoms with Crippen LogP contribution in [-0.4, -0.2) is 19.5 Å². The Morgan fingerprint density at radius 1 is 0.317 bits per heavy atom. The van der Waals surface area contributed by atoms with E-state index in [1.165, 1.54) is 75.7 Å². The third-order valence-corrected chi connectivity index (χ3v) is 12.7. The lowest BCUT2D eigenvalue weighted by Gasteiger charge is -2.12. The molecule has 0 bridgehead atoms. The highest BCUT2D eigenvalue weighted by Gasteiger charge is 2.25. The van der Waals surface area contributed by atoms with Crippen molar-refractivity contribution >= 4 is 97.6 Å². The second-order valence-electron chi connectivity index (χ2n) is 15.9. The second kappa shape index (κ2) is 11.7. The number of furan rings is 1. The van der Waals surface area contributed by atoms with Crippen molar-refractivity contribution in [3.8, 4) is 39.9 Å². The van der Waals surface area contributed by atoms with Crippen molar-refractivity contribution in [2.45, 2.75) is 0 Å². The van der Waals surface area contributed by atoms with E-state index in [4.69, 9.17) is 19.4 Å².